The van der Waals surface area contributed by atoms with E-state index in [1.165, 1.54) is 0 Å². The van der Waals surface area contributed by atoms with Crippen LogP contribution in [0.1, 0.15) is 23.0 Å². The first-order valence-electron chi connectivity index (χ1n) is 4.47. The van der Waals surface area contributed by atoms with Crippen molar-refractivity contribution in [1.82, 2.24) is 4.57 Å². The Hall–Kier alpha value is -1.69. The smallest absolute Gasteiger partial charge is 0.355 e. The van der Waals surface area contributed by atoms with E-state index in [0.717, 1.165) is 5.56 Å². The van der Waals surface area contributed by atoms with E-state index < -0.39 is 0 Å². The number of hydrogen-bond donors (Lipinski definition) is 0. The van der Waals surface area contributed by atoms with Crippen LogP contribution in [0.5, 0.6) is 0 Å². The molecule has 0 unspecified atom stereocenters. The number of aromatic nitrogens is 1. The minimum atomic E-state index is -0.315. The zero-order valence-corrected chi connectivity index (χ0v) is 8.41. The molecule has 0 fully saturated rings. The molecule has 14 heavy (non-hydrogen) atoms. The maximum Gasteiger partial charge on any atom is 0.355 e. The Bertz CT molecular complexity index is 371. The summed E-state index contributed by atoms with van der Waals surface area (Å²) in [4.78, 5) is 11.5. The summed E-state index contributed by atoms with van der Waals surface area (Å²) in [6, 6.07) is 1.85. The van der Waals surface area contributed by atoms with Crippen molar-refractivity contribution in [1.29, 1.82) is 0 Å². The number of nitrogens with zero attached hydrogens (tertiary/aromatic N) is 1. The van der Waals surface area contributed by atoms with Crippen LogP contribution >= 0.6 is 0 Å². The summed E-state index contributed by atoms with van der Waals surface area (Å²) < 4.78 is 6.64. The van der Waals surface area contributed by atoms with E-state index >= 15 is 0 Å². The lowest BCUT2D eigenvalue weighted by Gasteiger charge is -2.06. The van der Waals surface area contributed by atoms with Crippen LogP contribution < -0.4 is 0 Å². The molecular formula is C11H13NO2. The summed E-state index contributed by atoms with van der Waals surface area (Å²) in [6.07, 6.45) is 6.98. The number of carbonyl (C=O) groups is 1. The monoisotopic (exact) mass is 191 g/mol. The third-order valence-electron chi connectivity index (χ3n) is 1.90. The number of terminal acetylenes is 1. The molecule has 0 N–H and O–H groups in total. The van der Waals surface area contributed by atoms with Gasteiger partial charge in [-0.05, 0) is 25.5 Å². The van der Waals surface area contributed by atoms with E-state index in [9.17, 15) is 4.79 Å². The Labute approximate surface area is 83.7 Å². The summed E-state index contributed by atoms with van der Waals surface area (Å²) in [5.41, 5.74) is 1.43. The van der Waals surface area contributed by atoms with Crippen LogP contribution in [-0.2, 0) is 11.3 Å². The highest BCUT2D eigenvalue weighted by atomic mass is 16.5. The van der Waals surface area contributed by atoms with Crippen LogP contribution in [0.2, 0.25) is 0 Å². The second kappa shape index (κ2) is 4.52. The molecular weight excluding hydrogens is 178 g/mol. The van der Waals surface area contributed by atoms with Crippen molar-refractivity contribution < 1.29 is 9.53 Å². The van der Waals surface area contributed by atoms with E-state index in [-0.39, 0.29) is 5.97 Å². The second-order valence-corrected chi connectivity index (χ2v) is 2.90. The zero-order chi connectivity index (χ0) is 10.6. The van der Waals surface area contributed by atoms with Gasteiger partial charge in [0.25, 0.3) is 0 Å². The molecule has 1 rings (SSSR count). The minimum absolute atomic E-state index is 0.315. The van der Waals surface area contributed by atoms with Crippen molar-refractivity contribution in [2.24, 2.45) is 0 Å². The maximum atomic E-state index is 11.5. The first-order chi connectivity index (χ1) is 6.70. The third-order valence-corrected chi connectivity index (χ3v) is 1.90. The first-order valence-corrected chi connectivity index (χ1v) is 4.47. The fourth-order valence-electron chi connectivity index (χ4n) is 1.29. The Morgan fingerprint density at radius 2 is 2.43 bits per heavy atom. The fraction of sp³-hybridized carbons (Fsp3) is 0.364. The van der Waals surface area contributed by atoms with Crippen LogP contribution in [0.25, 0.3) is 0 Å². The zero-order valence-electron chi connectivity index (χ0n) is 8.41. The van der Waals surface area contributed by atoms with E-state index in [1.54, 1.807) is 17.7 Å². The molecule has 0 radical (unpaired) electrons. The van der Waals surface area contributed by atoms with Gasteiger partial charge < -0.3 is 9.30 Å². The maximum absolute atomic E-state index is 11.5. The van der Waals surface area contributed by atoms with Gasteiger partial charge in [-0.15, -0.1) is 6.42 Å². The Morgan fingerprint density at radius 3 is 3.00 bits per heavy atom. The molecule has 0 saturated heterocycles. The lowest BCUT2D eigenvalue weighted by molar-refractivity contribution is 0.0514. The van der Waals surface area contributed by atoms with Gasteiger partial charge in [-0.3, -0.25) is 0 Å². The molecule has 0 aliphatic rings. The first kappa shape index (κ1) is 10.4. The van der Waals surface area contributed by atoms with Crippen molar-refractivity contribution in [3.8, 4) is 12.3 Å². The summed E-state index contributed by atoms with van der Waals surface area (Å²) in [5, 5.41) is 0. The molecule has 0 aliphatic carbocycles. The number of carbonyl (C=O) groups excluding carboxylic acids is 1. The highest BCUT2D eigenvalue weighted by Crippen LogP contribution is 2.11. The Kier molecular flexibility index (Phi) is 3.35. The molecule has 0 atom stereocenters. The van der Waals surface area contributed by atoms with Crippen molar-refractivity contribution in [2.75, 3.05) is 6.61 Å². The second-order valence-electron chi connectivity index (χ2n) is 2.90. The van der Waals surface area contributed by atoms with Crippen molar-refractivity contribution >= 4 is 5.97 Å². The van der Waals surface area contributed by atoms with Crippen molar-refractivity contribution in [3.05, 3.63) is 23.5 Å². The highest BCUT2D eigenvalue weighted by molar-refractivity contribution is 5.89. The summed E-state index contributed by atoms with van der Waals surface area (Å²) in [6.45, 7) is 4.41. The predicted octanol–water partition coefficient (Wildman–Crippen LogP) is 1.61. The van der Waals surface area contributed by atoms with Crippen molar-refractivity contribution in [3.63, 3.8) is 0 Å². The summed E-state index contributed by atoms with van der Waals surface area (Å²) in [5.74, 6) is 2.18. The number of aryl methyl sites for hydroxylation is 1. The van der Waals surface area contributed by atoms with Gasteiger partial charge in [-0.25, -0.2) is 4.79 Å². The SMILES string of the molecule is C#CCn1ccc(C)c1C(=O)OCC. The van der Waals surface area contributed by atoms with Gasteiger partial charge in [0.15, 0.2) is 0 Å². The van der Waals surface area contributed by atoms with Gasteiger partial charge in [0.05, 0.1) is 13.2 Å². The fourth-order valence-corrected chi connectivity index (χ4v) is 1.29. The number of rotatable bonds is 3. The minimum Gasteiger partial charge on any atom is -0.461 e. The molecule has 0 aromatic carbocycles. The summed E-state index contributed by atoms with van der Waals surface area (Å²) in [7, 11) is 0. The average Bonchev–Trinajstić information content (AvgIpc) is 2.48. The standard InChI is InChI=1S/C11H13NO2/c1-4-7-12-8-6-9(3)10(12)11(13)14-5-2/h1,6,8H,5,7H2,2-3H3. The lowest BCUT2D eigenvalue weighted by atomic mass is 10.3. The molecule has 74 valence electrons. The van der Waals surface area contributed by atoms with Crippen molar-refractivity contribution in [2.45, 2.75) is 20.4 Å². The third kappa shape index (κ3) is 1.97. The Morgan fingerprint density at radius 1 is 1.71 bits per heavy atom. The summed E-state index contributed by atoms with van der Waals surface area (Å²) >= 11 is 0. The molecule has 1 aromatic heterocycles. The molecule has 1 heterocycles. The molecule has 0 spiro atoms. The Balaban J connectivity index is 2.99. The van der Waals surface area contributed by atoms with E-state index in [0.29, 0.717) is 18.8 Å². The molecule has 0 saturated carbocycles. The molecule has 3 heteroatoms. The molecule has 3 nitrogen and oxygen atoms in total. The highest BCUT2D eigenvalue weighted by Gasteiger charge is 2.14. The van der Waals surface area contributed by atoms with Gasteiger partial charge in [0, 0.05) is 6.20 Å². The topological polar surface area (TPSA) is 31.2 Å². The quantitative estimate of drug-likeness (QED) is 0.537. The largest absolute Gasteiger partial charge is 0.461 e. The van der Waals surface area contributed by atoms with Crippen LogP contribution in [0, 0.1) is 19.3 Å². The van der Waals surface area contributed by atoms with Gasteiger partial charge >= 0.3 is 5.97 Å². The molecule has 0 aliphatic heterocycles. The van der Waals surface area contributed by atoms with E-state index in [4.69, 9.17) is 11.2 Å². The average molecular weight is 191 g/mol. The van der Waals surface area contributed by atoms with Crippen LogP contribution in [0.15, 0.2) is 12.3 Å². The molecule has 0 amide bonds. The number of ether oxygens (including phenoxy) is 1. The van der Waals surface area contributed by atoms with Crippen LogP contribution in [-0.4, -0.2) is 17.1 Å². The van der Waals surface area contributed by atoms with Gasteiger partial charge in [0.1, 0.15) is 5.69 Å². The van der Waals surface area contributed by atoms with E-state index in [2.05, 4.69) is 5.92 Å². The van der Waals surface area contributed by atoms with Gasteiger partial charge in [0.2, 0.25) is 0 Å². The molecule has 0 bridgehead atoms. The molecule has 1 aromatic rings. The lowest BCUT2D eigenvalue weighted by Crippen LogP contribution is -2.12. The van der Waals surface area contributed by atoms with Gasteiger partial charge in [-0.2, -0.15) is 0 Å². The number of hydrogen-bond acceptors (Lipinski definition) is 2. The number of esters is 1. The predicted molar refractivity (Wildman–Crippen MR) is 54.0 cm³/mol. The normalized spacial score (nSPS) is 9.50. The van der Waals surface area contributed by atoms with E-state index in [1.807, 2.05) is 13.0 Å². The van der Waals surface area contributed by atoms with Gasteiger partial charge in [-0.1, -0.05) is 5.92 Å². The van der Waals surface area contributed by atoms with Crippen LogP contribution in [0.3, 0.4) is 0 Å². The van der Waals surface area contributed by atoms with Crippen LogP contribution in [0.4, 0.5) is 0 Å².